The van der Waals surface area contributed by atoms with Crippen LogP contribution in [-0.4, -0.2) is 43.4 Å². The Hall–Kier alpha value is -2.80. The van der Waals surface area contributed by atoms with E-state index < -0.39 is 30.5 Å². The maximum absolute atomic E-state index is 12.1. The fourth-order valence-corrected chi connectivity index (χ4v) is 3.38. The second-order valence-corrected chi connectivity index (χ2v) is 7.00. The van der Waals surface area contributed by atoms with Crippen molar-refractivity contribution in [2.45, 2.75) is 18.2 Å². The highest BCUT2D eigenvalue weighted by atomic mass is 32.2. The molecule has 0 fully saturated rings. The number of benzene rings is 2. The van der Waals surface area contributed by atoms with Crippen LogP contribution in [0.25, 0.3) is 0 Å². The van der Waals surface area contributed by atoms with Gasteiger partial charge in [-0.15, -0.1) is 0 Å². The molecule has 2 aromatic rings. The largest absolute Gasteiger partial charge is 0.467 e. The number of carbonyl (C=O) groups is 3. The summed E-state index contributed by atoms with van der Waals surface area (Å²) in [5.41, 5.74) is 1.93. The molecule has 0 aliphatic carbocycles. The quantitative estimate of drug-likeness (QED) is 0.616. The lowest BCUT2D eigenvalue weighted by molar-refractivity contribution is -0.149. The molecule has 0 aliphatic rings. The van der Waals surface area contributed by atoms with Gasteiger partial charge in [-0.2, -0.15) is 11.8 Å². The van der Waals surface area contributed by atoms with Gasteiger partial charge in [-0.25, -0.2) is 4.79 Å². The molecule has 28 heavy (non-hydrogen) atoms. The molecular formula is C21H23NO5S. The summed E-state index contributed by atoms with van der Waals surface area (Å²) in [6.07, 6.45) is 0.0848. The Morgan fingerprint density at radius 2 is 1.57 bits per heavy atom. The Bertz CT molecular complexity index is 767. The molecule has 7 heteroatoms. The first-order valence-corrected chi connectivity index (χ1v) is 9.92. The third kappa shape index (κ3) is 7.84. The van der Waals surface area contributed by atoms with E-state index in [2.05, 4.69) is 5.32 Å². The summed E-state index contributed by atoms with van der Waals surface area (Å²) < 4.78 is 9.73. The maximum atomic E-state index is 12.1. The minimum absolute atomic E-state index is 0.0848. The molecule has 0 aromatic heterocycles. The highest BCUT2D eigenvalue weighted by Crippen LogP contribution is 2.13. The molecule has 148 valence electrons. The van der Waals surface area contributed by atoms with Crippen LogP contribution in [0.5, 0.6) is 0 Å². The van der Waals surface area contributed by atoms with Gasteiger partial charge < -0.3 is 14.8 Å². The lowest BCUT2D eigenvalue weighted by Gasteiger charge is -2.16. The van der Waals surface area contributed by atoms with Crippen molar-refractivity contribution in [3.05, 3.63) is 71.8 Å². The molecule has 0 aliphatic heterocycles. The monoisotopic (exact) mass is 401 g/mol. The first-order chi connectivity index (χ1) is 13.6. The number of esters is 2. The Kier molecular flexibility index (Phi) is 9.07. The number of hydrogen-bond acceptors (Lipinski definition) is 6. The van der Waals surface area contributed by atoms with Crippen molar-refractivity contribution in [1.82, 2.24) is 5.32 Å². The van der Waals surface area contributed by atoms with Crippen LogP contribution in [0.4, 0.5) is 0 Å². The number of thioether (sulfide) groups is 1. The molecule has 1 amide bonds. The van der Waals surface area contributed by atoms with E-state index in [0.717, 1.165) is 11.1 Å². The molecule has 1 atom stereocenters. The van der Waals surface area contributed by atoms with Crippen LogP contribution >= 0.6 is 11.8 Å². The van der Waals surface area contributed by atoms with E-state index in [1.54, 1.807) is 12.1 Å². The van der Waals surface area contributed by atoms with Crippen molar-refractivity contribution < 1.29 is 23.9 Å². The molecule has 0 heterocycles. The van der Waals surface area contributed by atoms with Gasteiger partial charge in [0.1, 0.15) is 6.04 Å². The van der Waals surface area contributed by atoms with Gasteiger partial charge in [0.25, 0.3) is 5.91 Å². The highest BCUT2D eigenvalue weighted by Gasteiger charge is 2.22. The van der Waals surface area contributed by atoms with Crippen LogP contribution in [0, 0.1) is 0 Å². The van der Waals surface area contributed by atoms with Crippen molar-refractivity contribution >= 4 is 29.6 Å². The fourth-order valence-electron chi connectivity index (χ4n) is 2.38. The van der Waals surface area contributed by atoms with Gasteiger partial charge in [-0.3, -0.25) is 9.59 Å². The zero-order chi connectivity index (χ0) is 20.2. The van der Waals surface area contributed by atoms with Gasteiger partial charge >= 0.3 is 11.9 Å². The van der Waals surface area contributed by atoms with E-state index in [1.807, 2.05) is 48.5 Å². The van der Waals surface area contributed by atoms with Crippen LogP contribution in [-0.2, 0) is 36.0 Å². The molecule has 0 radical (unpaired) electrons. The standard InChI is InChI=1S/C21H23NO5S/c1-26-21(25)18(15-28-14-17-10-6-3-7-11-17)22-19(23)13-27-20(24)12-16-8-4-2-5-9-16/h2-11,18H,12-15H2,1H3,(H,22,23)/t18-/m1/s1. The van der Waals surface area contributed by atoms with E-state index in [0.29, 0.717) is 11.5 Å². The summed E-state index contributed by atoms with van der Waals surface area (Å²) in [6, 6.07) is 18.1. The van der Waals surface area contributed by atoms with E-state index in [1.165, 1.54) is 18.9 Å². The molecule has 0 saturated heterocycles. The molecule has 0 bridgehead atoms. The Labute approximate surface area is 168 Å². The van der Waals surface area contributed by atoms with Crippen LogP contribution in [0.15, 0.2) is 60.7 Å². The number of ether oxygens (including phenoxy) is 2. The second-order valence-electron chi connectivity index (χ2n) is 5.97. The number of amides is 1. The SMILES string of the molecule is COC(=O)[C@@H](CSCc1ccccc1)NC(=O)COC(=O)Cc1ccccc1. The Morgan fingerprint density at radius 3 is 2.18 bits per heavy atom. The van der Waals surface area contributed by atoms with Gasteiger partial charge in [-0.05, 0) is 11.1 Å². The summed E-state index contributed by atoms with van der Waals surface area (Å²) in [6.45, 7) is -0.442. The maximum Gasteiger partial charge on any atom is 0.329 e. The highest BCUT2D eigenvalue weighted by molar-refractivity contribution is 7.98. The predicted molar refractivity (Wildman–Crippen MR) is 108 cm³/mol. The average molecular weight is 401 g/mol. The van der Waals surface area contributed by atoms with Gasteiger partial charge in [0.15, 0.2) is 6.61 Å². The summed E-state index contributed by atoms with van der Waals surface area (Å²) in [7, 11) is 1.27. The van der Waals surface area contributed by atoms with Gasteiger partial charge in [-0.1, -0.05) is 60.7 Å². The van der Waals surface area contributed by atoms with Crippen LogP contribution < -0.4 is 5.32 Å². The van der Waals surface area contributed by atoms with Crippen molar-refractivity contribution in [3.63, 3.8) is 0 Å². The number of methoxy groups -OCH3 is 1. The Morgan fingerprint density at radius 1 is 0.964 bits per heavy atom. The minimum atomic E-state index is -0.806. The van der Waals surface area contributed by atoms with E-state index >= 15 is 0 Å². The molecule has 1 N–H and O–H groups in total. The van der Waals surface area contributed by atoms with E-state index in [9.17, 15) is 14.4 Å². The lowest BCUT2D eigenvalue weighted by atomic mass is 10.2. The van der Waals surface area contributed by atoms with E-state index in [4.69, 9.17) is 9.47 Å². The summed E-state index contributed by atoms with van der Waals surface area (Å²) in [5, 5.41) is 2.56. The smallest absolute Gasteiger partial charge is 0.329 e. The third-order valence-electron chi connectivity index (χ3n) is 3.77. The van der Waals surface area contributed by atoms with Crippen LogP contribution in [0.2, 0.25) is 0 Å². The summed E-state index contributed by atoms with van der Waals surface area (Å²) >= 11 is 1.50. The first-order valence-electron chi connectivity index (χ1n) is 8.77. The topological polar surface area (TPSA) is 81.7 Å². The summed E-state index contributed by atoms with van der Waals surface area (Å²) in [4.78, 5) is 35.8. The van der Waals surface area contributed by atoms with Crippen LogP contribution in [0.1, 0.15) is 11.1 Å². The molecule has 0 unspecified atom stereocenters. The van der Waals surface area contributed by atoms with Crippen LogP contribution in [0.3, 0.4) is 0 Å². The molecule has 2 rings (SSSR count). The minimum Gasteiger partial charge on any atom is -0.467 e. The molecular weight excluding hydrogens is 378 g/mol. The summed E-state index contributed by atoms with van der Waals surface area (Å²) in [5.74, 6) is -0.530. The zero-order valence-electron chi connectivity index (χ0n) is 15.6. The molecule has 0 saturated carbocycles. The number of rotatable bonds is 10. The van der Waals surface area contributed by atoms with Gasteiger partial charge in [0.2, 0.25) is 0 Å². The Balaban J connectivity index is 1.76. The zero-order valence-corrected chi connectivity index (χ0v) is 16.4. The van der Waals surface area contributed by atoms with Gasteiger partial charge in [0, 0.05) is 11.5 Å². The van der Waals surface area contributed by atoms with Crippen molar-refractivity contribution in [1.29, 1.82) is 0 Å². The van der Waals surface area contributed by atoms with Crippen molar-refractivity contribution in [2.24, 2.45) is 0 Å². The fraction of sp³-hybridized carbons (Fsp3) is 0.286. The normalized spacial score (nSPS) is 11.3. The molecule has 2 aromatic carbocycles. The van der Waals surface area contributed by atoms with Gasteiger partial charge in [0.05, 0.1) is 13.5 Å². The second kappa shape index (κ2) is 11.8. The average Bonchev–Trinajstić information content (AvgIpc) is 2.72. The molecule has 0 spiro atoms. The van der Waals surface area contributed by atoms with Crippen molar-refractivity contribution in [2.75, 3.05) is 19.5 Å². The number of nitrogens with one attached hydrogen (secondary N) is 1. The first kappa shape index (κ1) is 21.5. The predicted octanol–water partition coefficient (Wildman–Crippen LogP) is 2.36. The lowest BCUT2D eigenvalue weighted by Crippen LogP contribution is -2.45. The van der Waals surface area contributed by atoms with Crippen molar-refractivity contribution in [3.8, 4) is 0 Å². The number of hydrogen-bond donors (Lipinski definition) is 1. The number of carbonyl (C=O) groups excluding carboxylic acids is 3. The molecule has 6 nitrogen and oxygen atoms in total. The third-order valence-corrected chi connectivity index (χ3v) is 4.88. The van der Waals surface area contributed by atoms with E-state index in [-0.39, 0.29) is 6.42 Å².